The molecule has 7 heteroatoms. The van der Waals surface area contributed by atoms with Crippen molar-refractivity contribution in [3.05, 3.63) is 211 Å². The quantitative estimate of drug-likeness (QED) is 0.116. The van der Waals surface area contributed by atoms with E-state index in [0.29, 0.717) is 12.4 Å². The highest BCUT2D eigenvalue weighted by molar-refractivity contribution is 6.13. The van der Waals surface area contributed by atoms with Crippen molar-refractivity contribution >= 4 is 50.8 Å². The molecule has 2 aliphatic rings. The Hall–Kier alpha value is -7.45. The first-order valence-corrected chi connectivity index (χ1v) is 20.1. The lowest BCUT2D eigenvalue weighted by Gasteiger charge is -2.28. The lowest BCUT2D eigenvalue weighted by atomic mass is 9.98. The summed E-state index contributed by atoms with van der Waals surface area (Å²) in [6.07, 6.45) is 3.59. The zero-order valence-corrected chi connectivity index (χ0v) is 32.3. The number of para-hydroxylation sites is 4. The summed E-state index contributed by atoms with van der Waals surface area (Å²) in [5.74, 6) is 0.689. The Morgan fingerprint density at radius 2 is 1.20 bits per heavy atom. The van der Waals surface area contributed by atoms with Crippen LogP contribution in [-0.2, 0) is 6.54 Å². The predicted octanol–water partition coefficient (Wildman–Crippen LogP) is 11.4. The Bertz CT molecular complexity index is 3090. The molecular weight excluding hydrogens is 723 g/mol. The second kappa shape index (κ2) is 14.2. The van der Waals surface area contributed by atoms with Crippen LogP contribution in [0.1, 0.15) is 34.6 Å². The summed E-state index contributed by atoms with van der Waals surface area (Å²) in [6, 6.07) is 63.5. The van der Waals surface area contributed by atoms with Crippen molar-refractivity contribution in [3.63, 3.8) is 0 Å². The van der Waals surface area contributed by atoms with E-state index in [9.17, 15) is 0 Å². The molecule has 0 fully saturated rings. The largest absolute Gasteiger partial charge is 0.385 e. The molecule has 11 rings (SSSR count). The van der Waals surface area contributed by atoms with Crippen molar-refractivity contribution in [1.29, 1.82) is 0 Å². The normalized spacial score (nSPS) is 14.2. The van der Waals surface area contributed by atoms with Crippen molar-refractivity contribution in [2.24, 2.45) is 16.5 Å². The minimum atomic E-state index is -0.611. The summed E-state index contributed by atoms with van der Waals surface area (Å²) >= 11 is 0. The third kappa shape index (κ3) is 5.62. The predicted molar refractivity (Wildman–Crippen MR) is 243 cm³/mol. The van der Waals surface area contributed by atoms with Gasteiger partial charge in [-0.3, -0.25) is 4.57 Å². The Morgan fingerprint density at radius 1 is 0.576 bits per heavy atom. The minimum absolute atomic E-state index is 0.537. The van der Waals surface area contributed by atoms with E-state index in [4.69, 9.17) is 16.5 Å². The van der Waals surface area contributed by atoms with Gasteiger partial charge in [-0.1, -0.05) is 133 Å². The Balaban J connectivity index is 1.15. The Labute approximate surface area is 342 Å². The van der Waals surface area contributed by atoms with Crippen LogP contribution in [-0.4, -0.2) is 15.0 Å². The van der Waals surface area contributed by atoms with Gasteiger partial charge in [-0.15, -0.1) is 0 Å². The van der Waals surface area contributed by atoms with Crippen LogP contribution >= 0.6 is 0 Å². The van der Waals surface area contributed by atoms with Gasteiger partial charge >= 0.3 is 0 Å². The van der Waals surface area contributed by atoms with Gasteiger partial charge in [0.05, 0.1) is 46.4 Å². The van der Waals surface area contributed by atoms with Crippen molar-refractivity contribution in [2.45, 2.75) is 18.8 Å². The molecule has 59 heavy (non-hydrogen) atoms. The van der Waals surface area contributed by atoms with E-state index in [-0.39, 0.29) is 0 Å². The fourth-order valence-electron chi connectivity index (χ4n) is 9.14. The van der Waals surface area contributed by atoms with E-state index in [1.165, 1.54) is 27.7 Å². The molecular formula is C52H41N7. The van der Waals surface area contributed by atoms with Crippen LogP contribution < -0.4 is 21.7 Å². The summed E-state index contributed by atoms with van der Waals surface area (Å²) in [4.78, 5) is 7.68. The first-order chi connectivity index (χ1) is 29.2. The lowest BCUT2D eigenvalue weighted by molar-refractivity contribution is 0.737. The van der Waals surface area contributed by atoms with E-state index in [0.717, 1.165) is 61.6 Å². The number of aromatic nitrogens is 2. The summed E-state index contributed by atoms with van der Waals surface area (Å²) in [5, 5.41) is 5.79. The number of nitrogens with two attached hydrogens (primary N) is 2. The molecule has 9 aromatic rings. The number of anilines is 3. The number of nitrogens with one attached hydrogen (secondary N) is 1. The third-order valence-electron chi connectivity index (χ3n) is 11.8. The van der Waals surface area contributed by atoms with E-state index in [1.807, 2.05) is 54.7 Å². The number of rotatable bonds is 6. The second-order valence-electron chi connectivity index (χ2n) is 15.1. The molecule has 5 N–H and O–H groups in total. The zero-order valence-electron chi connectivity index (χ0n) is 32.3. The molecule has 0 saturated carbocycles. The Kier molecular flexibility index (Phi) is 8.36. The maximum Gasteiger partial charge on any atom is 0.132 e. The van der Waals surface area contributed by atoms with Crippen LogP contribution in [0.5, 0.6) is 0 Å². The van der Waals surface area contributed by atoms with E-state index >= 15 is 0 Å². The van der Waals surface area contributed by atoms with Gasteiger partial charge in [-0.25, -0.2) is 4.99 Å². The monoisotopic (exact) mass is 763 g/mol. The van der Waals surface area contributed by atoms with Gasteiger partial charge in [0.15, 0.2) is 0 Å². The maximum atomic E-state index is 7.22. The SMILES string of the molecule is NC(N=C([C@H](N)c1ccccc1)n1c2c(c3cc(N4c5ccccc5-c5c(n(-c6ccccc6)c6ccccc56)-c5ccccc54)ccc31)C=CNC2)c1ccccc1. The molecule has 2 aliphatic heterocycles. The fourth-order valence-corrected chi connectivity index (χ4v) is 9.14. The smallest absolute Gasteiger partial charge is 0.132 e. The molecule has 0 radical (unpaired) electrons. The van der Waals surface area contributed by atoms with E-state index < -0.39 is 12.2 Å². The highest BCUT2D eigenvalue weighted by atomic mass is 15.2. The molecule has 7 aromatic carbocycles. The van der Waals surface area contributed by atoms with E-state index in [2.05, 4.69) is 159 Å². The van der Waals surface area contributed by atoms with Crippen LogP contribution in [0.4, 0.5) is 17.1 Å². The number of hydrogen-bond acceptors (Lipinski definition) is 5. The van der Waals surface area contributed by atoms with E-state index in [1.54, 1.807) is 0 Å². The average Bonchev–Trinajstić information content (AvgIpc) is 3.78. The van der Waals surface area contributed by atoms with Gasteiger partial charge in [-0.2, -0.15) is 0 Å². The fraction of sp³-hybridized carbons (Fsp3) is 0.0577. The van der Waals surface area contributed by atoms with Crippen molar-refractivity contribution in [1.82, 2.24) is 14.5 Å². The summed E-state index contributed by atoms with van der Waals surface area (Å²) in [7, 11) is 0. The molecule has 2 atom stereocenters. The van der Waals surface area contributed by atoms with Crippen molar-refractivity contribution in [3.8, 4) is 28.1 Å². The first kappa shape index (κ1) is 34.8. The van der Waals surface area contributed by atoms with Gasteiger partial charge in [0, 0.05) is 44.4 Å². The molecule has 0 spiro atoms. The van der Waals surface area contributed by atoms with Gasteiger partial charge < -0.3 is 26.3 Å². The topological polar surface area (TPSA) is 89.5 Å². The molecule has 4 heterocycles. The van der Waals surface area contributed by atoms with Gasteiger partial charge in [0.1, 0.15) is 12.0 Å². The van der Waals surface area contributed by atoms with Gasteiger partial charge in [0.2, 0.25) is 0 Å². The lowest BCUT2D eigenvalue weighted by Crippen LogP contribution is -2.31. The number of aliphatic imine (C=N–C) groups is 1. The third-order valence-corrected chi connectivity index (χ3v) is 11.8. The van der Waals surface area contributed by atoms with Crippen LogP contribution in [0.3, 0.4) is 0 Å². The first-order valence-electron chi connectivity index (χ1n) is 20.1. The van der Waals surface area contributed by atoms with Crippen LogP contribution in [0, 0.1) is 0 Å². The summed E-state index contributed by atoms with van der Waals surface area (Å²) in [5.41, 5.74) is 29.5. The molecule has 284 valence electrons. The van der Waals surface area contributed by atoms with Crippen LogP contribution in [0.25, 0.3) is 56.0 Å². The van der Waals surface area contributed by atoms with Crippen LogP contribution in [0.2, 0.25) is 0 Å². The van der Waals surface area contributed by atoms with Gasteiger partial charge in [-0.05, 0) is 71.9 Å². The summed E-state index contributed by atoms with van der Waals surface area (Å²) < 4.78 is 4.67. The number of benzene rings is 7. The molecule has 0 aliphatic carbocycles. The maximum absolute atomic E-state index is 7.22. The standard InChI is InChI=1S/C52H41N7/c53-49(34-16-4-1-5-17-34)52(56-51(54)35-18-6-2-7-19-35)59-46-29-28-37(32-42(46)38-30-31-55-33-47(38)59)57-43-25-13-10-22-39(43)48-40-23-11-14-26-44(40)58(36-20-8-3-9-21-36)50(48)41-24-12-15-27-45(41)57/h1-32,49,51,55H,33,53-54H2/t49-,51?/m1/s1. The molecule has 0 bridgehead atoms. The second-order valence-corrected chi connectivity index (χ2v) is 15.1. The molecule has 1 unspecified atom stereocenters. The number of hydrogen-bond donors (Lipinski definition) is 3. The minimum Gasteiger partial charge on any atom is -0.385 e. The number of fused-ring (bicyclic) bond motifs is 10. The highest BCUT2D eigenvalue weighted by Gasteiger charge is 2.32. The molecule has 0 amide bonds. The molecule has 0 saturated heterocycles. The number of nitrogens with zero attached hydrogens (tertiary/aromatic N) is 4. The molecule has 2 aromatic heterocycles. The highest BCUT2D eigenvalue weighted by Crippen LogP contribution is 2.54. The van der Waals surface area contributed by atoms with Crippen molar-refractivity contribution < 1.29 is 0 Å². The summed E-state index contributed by atoms with van der Waals surface area (Å²) in [6.45, 7) is 0.609. The average molecular weight is 764 g/mol. The Morgan fingerprint density at radius 3 is 1.97 bits per heavy atom. The zero-order chi connectivity index (χ0) is 39.5. The molecule has 7 nitrogen and oxygen atoms in total. The van der Waals surface area contributed by atoms with Gasteiger partial charge in [0.25, 0.3) is 0 Å². The van der Waals surface area contributed by atoms with Crippen molar-refractivity contribution in [2.75, 3.05) is 4.90 Å². The van der Waals surface area contributed by atoms with Crippen LogP contribution in [0.15, 0.2) is 193 Å².